The second kappa shape index (κ2) is 6.29. The second-order valence-electron chi connectivity index (χ2n) is 5.41. The molecule has 0 radical (unpaired) electrons. The number of hydrogen-bond donors (Lipinski definition) is 0. The van der Waals surface area contributed by atoms with Crippen LogP contribution in [0.5, 0.6) is 0 Å². The van der Waals surface area contributed by atoms with Gasteiger partial charge >= 0.3 is 0 Å². The molecule has 102 valence electrons. The van der Waals surface area contributed by atoms with Crippen LogP contribution >= 0.6 is 0 Å². The summed E-state index contributed by atoms with van der Waals surface area (Å²) in [5.41, 5.74) is 0. The van der Waals surface area contributed by atoms with Gasteiger partial charge in [-0.3, -0.25) is 4.90 Å². The zero-order valence-electron chi connectivity index (χ0n) is 11.6. The van der Waals surface area contributed by atoms with Crippen molar-refractivity contribution in [2.75, 3.05) is 19.7 Å². The maximum Gasteiger partial charge on any atom is 0.230 e. The minimum Gasteiger partial charge on any atom is -0.424 e. The van der Waals surface area contributed by atoms with E-state index in [0.29, 0.717) is 23.8 Å². The summed E-state index contributed by atoms with van der Waals surface area (Å²) >= 11 is 0. The van der Waals surface area contributed by atoms with Gasteiger partial charge in [-0.25, -0.2) is 0 Å². The predicted molar refractivity (Wildman–Crippen MR) is 68.1 cm³/mol. The molecule has 0 bridgehead atoms. The number of hydrogen-bond acceptors (Lipinski definition) is 5. The van der Waals surface area contributed by atoms with E-state index in [2.05, 4.69) is 28.9 Å². The lowest BCUT2D eigenvalue weighted by Gasteiger charge is -2.14. The Kier molecular flexibility index (Phi) is 4.72. The molecule has 1 aliphatic rings. The van der Waals surface area contributed by atoms with E-state index >= 15 is 0 Å². The molecule has 0 aromatic carbocycles. The van der Waals surface area contributed by atoms with Crippen molar-refractivity contribution in [3.8, 4) is 0 Å². The third-order valence-electron chi connectivity index (χ3n) is 3.20. The van der Waals surface area contributed by atoms with Gasteiger partial charge in [0.05, 0.1) is 12.6 Å². The van der Waals surface area contributed by atoms with Crippen LogP contribution in [-0.2, 0) is 11.3 Å². The van der Waals surface area contributed by atoms with Crippen molar-refractivity contribution >= 4 is 0 Å². The van der Waals surface area contributed by atoms with Crippen molar-refractivity contribution in [1.29, 1.82) is 0 Å². The van der Waals surface area contributed by atoms with E-state index in [-0.39, 0.29) is 0 Å². The molecule has 0 aliphatic carbocycles. The van der Waals surface area contributed by atoms with Crippen molar-refractivity contribution in [1.82, 2.24) is 15.1 Å². The van der Waals surface area contributed by atoms with Gasteiger partial charge in [-0.05, 0) is 18.8 Å². The molecule has 1 aromatic heterocycles. The van der Waals surface area contributed by atoms with Crippen LogP contribution < -0.4 is 0 Å². The molecule has 1 fully saturated rings. The lowest BCUT2D eigenvalue weighted by atomic mass is 10.1. The monoisotopic (exact) mass is 253 g/mol. The van der Waals surface area contributed by atoms with Crippen molar-refractivity contribution in [2.24, 2.45) is 5.92 Å². The smallest absolute Gasteiger partial charge is 0.230 e. The molecule has 2 heterocycles. The normalized spacial score (nSPS) is 21.0. The van der Waals surface area contributed by atoms with Crippen molar-refractivity contribution in [2.45, 2.75) is 46.3 Å². The molecule has 0 amide bonds. The highest BCUT2D eigenvalue weighted by molar-refractivity contribution is 4.83. The first-order valence-electron chi connectivity index (χ1n) is 6.76. The molecule has 0 N–H and O–H groups in total. The zero-order valence-corrected chi connectivity index (χ0v) is 11.6. The van der Waals surface area contributed by atoms with Crippen LogP contribution in [0.4, 0.5) is 0 Å². The lowest BCUT2D eigenvalue weighted by Crippen LogP contribution is -2.23. The molecular formula is C13H23N3O2. The first-order valence-corrected chi connectivity index (χ1v) is 6.76. The van der Waals surface area contributed by atoms with Crippen LogP contribution in [0, 0.1) is 12.8 Å². The van der Waals surface area contributed by atoms with Gasteiger partial charge in [0.15, 0.2) is 0 Å². The van der Waals surface area contributed by atoms with Crippen LogP contribution in [0.3, 0.4) is 0 Å². The minimum absolute atomic E-state index is 0.368. The van der Waals surface area contributed by atoms with Gasteiger partial charge in [0.25, 0.3) is 0 Å². The maximum atomic E-state index is 5.88. The molecule has 0 spiro atoms. The molecule has 1 aliphatic heterocycles. The Morgan fingerprint density at radius 2 is 2.28 bits per heavy atom. The van der Waals surface area contributed by atoms with E-state index in [0.717, 1.165) is 39.1 Å². The van der Waals surface area contributed by atoms with Crippen LogP contribution in [0.1, 0.15) is 38.5 Å². The number of rotatable bonds is 6. The zero-order chi connectivity index (χ0) is 13.0. The van der Waals surface area contributed by atoms with Crippen molar-refractivity contribution < 1.29 is 9.15 Å². The highest BCUT2D eigenvalue weighted by Crippen LogP contribution is 2.16. The third kappa shape index (κ3) is 4.07. The Morgan fingerprint density at radius 1 is 1.44 bits per heavy atom. The molecule has 5 nitrogen and oxygen atoms in total. The molecule has 18 heavy (non-hydrogen) atoms. The molecule has 0 saturated carbocycles. The Hall–Kier alpha value is -0.940. The molecule has 1 aromatic rings. The standard InChI is InChI=1S/C13H23N3O2/c1-10(2)5-7-17-12-4-6-16(8-12)9-13-15-14-11(3)18-13/h10,12H,4-9H2,1-3H3/t12-/m1/s1. The maximum absolute atomic E-state index is 5.88. The SMILES string of the molecule is Cc1nnc(CN2CC[C@@H](OCCC(C)C)C2)o1. The molecule has 0 unspecified atom stereocenters. The average molecular weight is 253 g/mol. The molecule has 5 heteroatoms. The van der Waals surface area contributed by atoms with Crippen molar-refractivity contribution in [3.05, 3.63) is 11.8 Å². The third-order valence-corrected chi connectivity index (χ3v) is 3.20. The fraction of sp³-hybridized carbons (Fsp3) is 0.846. The lowest BCUT2D eigenvalue weighted by molar-refractivity contribution is 0.0512. The fourth-order valence-electron chi connectivity index (χ4n) is 2.14. The summed E-state index contributed by atoms with van der Waals surface area (Å²) in [7, 11) is 0. The predicted octanol–water partition coefficient (Wildman–Crippen LogP) is 2.02. The average Bonchev–Trinajstić information content (AvgIpc) is 2.89. The second-order valence-corrected chi connectivity index (χ2v) is 5.41. The van der Waals surface area contributed by atoms with E-state index in [1.165, 1.54) is 0 Å². The molecule has 1 saturated heterocycles. The van der Waals surface area contributed by atoms with Gasteiger partial charge in [0, 0.05) is 26.6 Å². The summed E-state index contributed by atoms with van der Waals surface area (Å²) in [5, 5.41) is 7.86. The van der Waals surface area contributed by atoms with Crippen molar-refractivity contribution in [3.63, 3.8) is 0 Å². The molecule has 2 rings (SSSR count). The first kappa shape index (κ1) is 13.5. The van der Waals surface area contributed by atoms with E-state index < -0.39 is 0 Å². The minimum atomic E-state index is 0.368. The largest absolute Gasteiger partial charge is 0.424 e. The van der Waals surface area contributed by atoms with Crippen LogP contribution in [0.2, 0.25) is 0 Å². The van der Waals surface area contributed by atoms with Gasteiger partial charge in [-0.1, -0.05) is 13.8 Å². The fourth-order valence-corrected chi connectivity index (χ4v) is 2.14. The topological polar surface area (TPSA) is 51.4 Å². The Morgan fingerprint density at radius 3 is 2.94 bits per heavy atom. The van der Waals surface area contributed by atoms with Gasteiger partial charge in [-0.15, -0.1) is 10.2 Å². The molecule has 1 atom stereocenters. The Bertz CT molecular complexity index is 365. The van der Waals surface area contributed by atoms with E-state index in [1.807, 2.05) is 6.92 Å². The summed E-state index contributed by atoms with van der Waals surface area (Å²) in [5.74, 6) is 2.05. The number of aryl methyl sites for hydroxylation is 1. The summed E-state index contributed by atoms with van der Waals surface area (Å²) in [6.07, 6.45) is 2.61. The Labute approximate surface area is 109 Å². The van der Waals surface area contributed by atoms with Crippen LogP contribution in [0.25, 0.3) is 0 Å². The van der Waals surface area contributed by atoms with Crippen LogP contribution in [-0.4, -0.2) is 40.9 Å². The number of ether oxygens (including phenoxy) is 1. The summed E-state index contributed by atoms with van der Waals surface area (Å²) in [6.45, 7) is 9.90. The van der Waals surface area contributed by atoms with Gasteiger partial charge < -0.3 is 9.15 Å². The van der Waals surface area contributed by atoms with E-state index in [4.69, 9.17) is 9.15 Å². The highest BCUT2D eigenvalue weighted by atomic mass is 16.5. The molecular weight excluding hydrogens is 230 g/mol. The van der Waals surface area contributed by atoms with Gasteiger partial charge in [0.2, 0.25) is 11.8 Å². The Balaban J connectivity index is 1.68. The van der Waals surface area contributed by atoms with Gasteiger partial charge in [-0.2, -0.15) is 0 Å². The first-order chi connectivity index (χ1) is 8.63. The summed E-state index contributed by atoms with van der Waals surface area (Å²) < 4.78 is 11.3. The quantitative estimate of drug-likeness (QED) is 0.776. The van der Waals surface area contributed by atoms with Gasteiger partial charge in [0.1, 0.15) is 0 Å². The van der Waals surface area contributed by atoms with E-state index in [9.17, 15) is 0 Å². The van der Waals surface area contributed by atoms with Crippen LogP contribution in [0.15, 0.2) is 4.42 Å². The number of likely N-dealkylation sites (tertiary alicyclic amines) is 1. The summed E-state index contributed by atoms with van der Waals surface area (Å²) in [6, 6.07) is 0. The number of nitrogens with zero attached hydrogens (tertiary/aromatic N) is 3. The van der Waals surface area contributed by atoms with E-state index in [1.54, 1.807) is 0 Å². The summed E-state index contributed by atoms with van der Waals surface area (Å²) in [4.78, 5) is 2.31. The number of aromatic nitrogens is 2. The highest BCUT2D eigenvalue weighted by Gasteiger charge is 2.24.